The Morgan fingerprint density at radius 1 is 1.28 bits per heavy atom. The Morgan fingerprint density at radius 3 is 2.50 bits per heavy atom. The zero-order valence-corrected chi connectivity index (χ0v) is 11.1. The Labute approximate surface area is 114 Å². The van der Waals surface area contributed by atoms with Gasteiger partial charge in [-0.25, -0.2) is 0 Å². The Morgan fingerprint density at radius 2 is 2.00 bits per heavy atom. The number of alkyl halides is 3. The minimum Gasteiger partial charge on any atom is -0.326 e. The van der Waals surface area contributed by atoms with Crippen LogP contribution in [0.15, 0.2) is 18.2 Å². The first kappa shape index (κ1) is 13.3. The van der Waals surface area contributed by atoms with E-state index in [1.807, 2.05) is 0 Å². The van der Waals surface area contributed by atoms with Gasteiger partial charge in [-0.1, -0.05) is 12.1 Å². The van der Waals surface area contributed by atoms with Crippen molar-refractivity contribution < 1.29 is 13.2 Å². The minimum absolute atomic E-state index is 0.0869. The lowest BCUT2D eigenvalue weighted by atomic mass is 10.1. The third kappa shape index (κ3) is 2.64. The van der Waals surface area contributed by atoms with Crippen LogP contribution in [0.5, 0.6) is 0 Å². The molecule has 0 fully saturated rings. The molecular formula is C10H8F3IN4. The maximum Gasteiger partial charge on any atom is 0.451 e. The van der Waals surface area contributed by atoms with Gasteiger partial charge in [0, 0.05) is 15.7 Å². The fourth-order valence-electron chi connectivity index (χ4n) is 1.38. The smallest absolute Gasteiger partial charge is 0.326 e. The van der Waals surface area contributed by atoms with Crippen LogP contribution in [0.2, 0.25) is 0 Å². The molecule has 0 spiro atoms. The molecular weight excluding hydrogens is 360 g/mol. The third-order valence-electron chi connectivity index (χ3n) is 2.30. The van der Waals surface area contributed by atoms with Gasteiger partial charge in [-0.3, -0.25) is 0 Å². The number of nitrogens with one attached hydrogen (secondary N) is 1. The van der Waals surface area contributed by atoms with Crippen molar-refractivity contribution in [1.29, 1.82) is 0 Å². The highest BCUT2D eigenvalue weighted by Crippen LogP contribution is 2.28. The van der Waals surface area contributed by atoms with E-state index in [1.54, 1.807) is 18.2 Å². The Hall–Kier alpha value is -1.16. The van der Waals surface area contributed by atoms with Gasteiger partial charge >= 0.3 is 6.18 Å². The quantitative estimate of drug-likeness (QED) is 0.801. The van der Waals surface area contributed by atoms with E-state index in [9.17, 15) is 13.2 Å². The molecule has 0 amide bonds. The van der Waals surface area contributed by atoms with Gasteiger partial charge in [-0.2, -0.15) is 13.2 Å². The topological polar surface area (TPSA) is 67.6 Å². The summed E-state index contributed by atoms with van der Waals surface area (Å²) in [7, 11) is 0. The van der Waals surface area contributed by atoms with Crippen LogP contribution in [-0.2, 0) is 12.7 Å². The lowest BCUT2D eigenvalue weighted by molar-refractivity contribution is -0.144. The van der Waals surface area contributed by atoms with Gasteiger partial charge in [0.25, 0.3) is 0 Å². The maximum absolute atomic E-state index is 12.4. The lowest BCUT2D eigenvalue weighted by Crippen LogP contribution is -2.07. The van der Waals surface area contributed by atoms with Crippen LogP contribution in [0.25, 0.3) is 11.4 Å². The first-order valence-corrected chi connectivity index (χ1v) is 5.98. The van der Waals surface area contributed by atoms with Crippen LogP contribution in [0.1, 0.15) is 11.4 Å². The molecule has 1 heterocycles. The molecule has 3 N–H and O–H groups in total. The molecule has 18 heavy (non-hydrogen) atoms. The summed E-state index contributed by atoms with van der Waals surface area (Å²) < 4.78 is 38.0. The van der Waals surface area contributed by atoms with Crippen molar-refractivity contribution in [3.05, 3.63) is 33.2 Å². The van der Waals surface area contributed by atoms with Gasteiger partial charge in [0.15, 0.2) is 5.82 Å². The number of H-pyrrole nitrogens is 1. The largest absolute Gasteiger partial charge is 0.451 e. The molecule has 1 aromatic heterocycles. The molecule has 2 rings (SSSR count). The first-order valence-electron chi connectivity index (χ1n) is 4.90. The molecule has 0 aliphatic carbocycles. The van der Waals surface area contributed by atoms with Crippen molar-refractivity contribution in [1.82, 2.24) is 15.2 Å². The summed E-state index contributed by atoms with van der Waals surface area (Å²) >= 11 is 2.07. The molecule has 0 bridgehead atoms. The molecule has 0 saturated heterocycles. The second kappa shape index (κ2) is 4.84. The van der Waals surface area contributed by atoms with Crippen LogP contribution >= 0.6 is 22.6 Å². The Kier molecular flexibility index (Phi) is 3.57. The molecule has 8 heteroatoms. The summed E-state index contributed by atoms with van der Waals surface area (Å²) in [6, 6.07) is 5.13. The van der Waals surface area contributed by atoms with Gasteiger partial charge in [-0.05, 0) is 34.2 Å². The van der Waals surface area contributed by atoms with E-state index in [1.165, 1.54) is 0 Å². The third-order valence-corrected chi connectivity index (χ3v) is 3.31. The van der Waals surface area contributed by atoms with E-state index in [0.29, 0.717) is 12.1 Å². The molecule has 4 nitrogen and oxygen atoms in total. The Bertz CT molecular complexity index is 564. The van der Waals surface area contributed by atoms with Crippen LogP contribution in [-0.4, -0.2) is 15.2 Å². The summed E-state index contributed by atoms with van der Waals surface area (Å²) in [4.78, 5) is 2.15. The molecule has 96 valence electrons. The van der Waals surface area contributed by atoms with Gasteiger partial charge in [0.1, 0.15) is 0 Å². The predicted octanol–water partition coefficient (Wildman–Crippen LogP) is 2.55. The highest BCUT2D eigenvalue weighted by molar-refractivity contribution is 14.1. The van der Waals surface area contributed by atoms with Gasteiger partial charge in [-0.15, -0.1) is 10.2 Å². The van der Waals surface area contributed by atoms with Crippen molar-refractivity contribution in [2.75, 3.05) is 0 Å². The summed E-state index contributed by atoms with van der Waals surface area (Å²) in [5.74, 6) is -1.01. The normalized spacial score (nSPS) is 11.8. The van der Waals surface area contributed by atoms with Crippen molar-refractivity contribution in [2.24, 2.45) is 5.73 Å². The highest BCUT2D eigenvalue weighted by Gasteiger charge is 2.35. The predicted molar refractivity (Wildman–Crippen MR) is 67.4 cm³/mol. The molecule has 0 atom stereocenters. The molecule has 0 radical (unpaired) electrons. The maximum atomic E-state index is 12.4. The van der Waals surface area contributed by atoms with Crippen molar-refractivity contribution in [3.8, 4) is 11.4 Å². The average Bonchev–Trinajstić information content (AvgIpc) is 2.77. The molecule has 0 unspecified atom stereocenters. The highest BCUT2D eigenvalue weighted by atomic mass is 127. The van der Waals surface area contributed by atoms with Gasteiger partial charge in [0.05, 0.1) is 0 Å². The van der Waals surface area contributed by atoms with Crippen LogP contribution < -0.4 is 5.73 Å². The van der Waals surface area contributed by atoms with Gasteiger partial charge < -0.3 is 10.7 Å². The number of halogens is 4. The van der Waals surface area contributed by atoms with E-state index >= 15 is 0 Å². The molecule has 0 aliphatic heterocycles. The zero-order chi connectivity index (χ0) is 13.3. The monoisotopic (exact) mass is 368 g/mol. The molecule has 0 saturated carbocycles. The van der Waals surface area contributed by atoms with E-state index in [-0.39, 0.29) is 5.82 Å². The molecule has 0 aliphatic rings. The van der Waals surface area contributed by atoms with Crippen molar-refractivity contribution >= 4 is 22.6 Å². The average molecular weight is 368 g/mol. The van der Waals surface area contributed by atoms with Crippen LogP contribution in [0, 0.1) is 3.57 Å². The van der Waals surface area contributed by atoms with Gasteiger partial charge in [0.2, 0.25) is 5.82 Å². The fraction of sp³-hybridized carbons (Fsp3) is 0.200. The molecule has 1 aromatic carbocycles. The van der Waals surface area contributed by atoms with E-state index < -0.39 is 12.0 Å². The fourth-order valence-corrected chi connectivity index (χ4v) is 2.12. The standard InChI is InChI=1S/C10H8F3IN4/c11-10(12,13)9-16-8(17-18-9)5-1-2-6(4-15)7(14)3-5/h1-3H,4,15H2,(H,16,17,18). The number of hydrogen-bond donors (Lipinski definition) is 2. The van der Waals surface area contributed by atoms with Crippen molar-refractivity contribution in [2.45, 2.75) is 12.7 Å². The van der Waals surface area contributed by atoms with E-state index in [0.717, 1.165) is 9.13 Å². The second-order valence-electron chi connectivity index (χ2n) is 3.53. The van der Waals surface area contributed by atoms with Crippen LogP contribution in [0.3, 0.4) is 0 Å². The first-order chi connectivity index (χ1) is 8.41. The lowest BCUT2D eigenvalue weighted by Gasteiger charge is -2.03. The number of hydrogen-bond acceptors (Lipinski definition) is 3. The minimum atomic E-state index is -4.52. The number of nitrogens with two attached hydrogens (primary N) is 1. The zero-order valence-electron chi connectivity index (χ0n) is 8.92. The summed E-state index contributed by atoms with van der Waals surface area (Å²) in [5.41, 5.74) is 6.98. The summed E-state index contributed by atoms with van der Waals surface area (Å²) in [6.07, 6.45) is -4.52. The van der Waals surface area contributed by atoms with Crippen LogP contribution in [0.4, 0.5) is 13.2 Å². The van der Waals surface area contributed by atoms with Crippen molar-refractivity contribution in [3.63, 3.8) is 0 Å². The number of rotatable bonds is 2. The number of aromatic amines is 1. The van der Waals surface area contributed by atoms with E-state index in [4.69, 9.17) is 5.73 Å². The Balaban J connectivity index is 2.38. The summed E-state index contributed by atoms with van der Waals surface area (Å²) in [5, 5.41) is 6.57. The molecule has 2 aromatic rings. The number of nitrogens with zero attached hydrogens (tertiary/aromatic N) is 2. The number of aromatic nitrogens is 3. The van der Waals surface area contributed by atoms with E-state index in [2.05, 4.69) is 37.8 Å². The SMILES string of the molecule is NCc1ccc(-c2nnc(C(F)(F)F)[nH]2)cc1I. The number of benzene rings is 1. The summed E-state index contributed by atoms with van der Waals surface area (Å²) in [6.45, 7) is 0.378. The second-order valence-corrected chi connectivity index (χ2v) is 4.69.